The lowest BCUT2D eigenvalue weighted by Gasteiger charge is -2.33. The van der Waals surface area contributed by atoms with Crippen molar-refractivity contribution in [2.24, 2.45) is 5.92 Å². The fourth-order valence-electron chi connectivity index (χ4n) is 3.73. The molecule has 1 aliphatic rings. The molecule has 1 aromatic heterocycles. The van der Waals surface area contributed by atoms with Gasteiger partial charge in [-0.1, -0.05) is 6.07 Å². The van der Waals surface area contributed by atoms with Crippen LogP contribution in [0.25, 0.3) is 5.69 Å². The highest BCUT2D eigenvalue weighted by Gasteiger charge is 2.42. The third kappa shape index (κ3) is 4.62. The number of amides is 1. The molecular formula is C20H21F6N3O. The van der Waals surface area contributed by atoms with Crippen molar-refractivity contribution < 1.29 is 31.1 Å². The van der Waals surface area contributed by atoms with Gasteiger partial charge in [0, 0.05) is 24.3 Å². The van der Waals surface area contributed by atoms with Gasteiger partial charge >= 0.3 is 12.4 Å². The van der Waals surface area contributed by atoms with Crippen molar-refractivity contribution in [1.29, 1.82) is 0 Å². The van der Waals surface area contributed by atoms with E-state index >= 15 is 0 Å². The molecule has 0 unspecified atom stereocenters. The zero-order valence-electron chi connectivity index (χ0n) is 16.4. The molecule has 4 nitrogen and oxygen atoms in total. The molecule has 1 fully saturated rings. The summed E-state index contributed by atoms with van der Waals surface area (Å²) in [6.07, 6.45) is -8.73. The standard InChI is InChI=1S/C20H21F6N3O/c1-12-17(10-18(30)28-8-4-6-15(11-28)20(24,25)26)13(2)29(27-12)16-7-3-5-14(9-16)19(21,22)23/h3,5,7,9,15H,4,6,8,10-11H2,1-2H3/t15-/m1/s1. The van der Waals surface area contributed by atoms with Crippen molar-refractivity contribution in [2.75, 3.05) is 13.1 Å². The van der Waals surface area contributed by atoms with Gasteiger partial charge < -0.3 is 4.90 Å². The van der Waals surface area contributed by atoms with Crippen molar-refractivity contribution in [3.05, 3.63) is 46.8 Å². The van der Waals surface area contributed by atoms with Gasteiger partial charge in [-0.2, -0.15) is 31.4 Å². The zero-order valence-corrected chi connectivity index (χ0v) is 16.4. The van der Waals surface area contributed by atoms with E-state index in [1.54, 1.807) is 13.8 Å². The molecule has 1 aromatic carbocycles. The molecule has 10 heteroatoms. The summed E-state index contributed by atoms with van der Waals surface area (Å²) >= 11 is 0. The minimum Gasteiger partial charge on any atom is -0.342 e. The number of alkyl halides is 6. The summed E-state index contributed by atoms with van der Waals surface area (Å²) in [7, 11) is 0. The van der Waals surface area contributed by atoms with E-state index < -0.39 is 29.7 Å². The predicted octanol–water partition coefficient (Wildman–Crippen LogP) is 4.85. The molecule has 0 radical (unpaired) electrons. The highest BCUT2D eigenvalue weighted by Crippen LogP contribution is 2.34. The van der Waals surface area contributed by atoms with Gasteiger partial charge in [-0.15, -0.1) is 0 Å². The Bertz CT molecular complexity index is 932. The maximum atomic E-state index is 13.0. The molecular weight excluding hydrogens is 412 g/mol. The van der Waals surface area contributed by atoms with Gasteiger partial charge in [0.25, 0.3) is 0 Å². The van der Waals surface area contributed by atoms with E-state index in [2.05, 4.69) is 5.10 Å². The van der Waals surface area contributed by atoms with Crippen LogP contribution in [0.3, 0.4) is 0 Å². The Kier molecular flexibility index (Phi) is 5.88. The van der Waals surface area contributed by atoms with Crippen LogP contribution in [0.1, 0.15) is 35.4 Å². The molecule has 0 bridgehead atoms. The first kappa shape index (κ1) is 22.2. The lowest BCUT2D eigenvalue weighted by molar-refractivity contribution is -0.187. The number of nitrogens with zero attached hydrogens (tertiary/aromatic N) is 3. The third-order valence-electron chi connectivity index (χ3n) is 5.42. The van der Waals surface area contributed by atoms with Crippen LogP contribution in [0.4, 0.5) is 26.3 Å². The van der Waals surface area contributed by atoms with Gasteiger partial charge in [-0.05, 0) is 44.9 Å². The third-order valence-corrected chi connectivity index (χ3v) is 5.42. The summed E-state index contributed by atoms with van der Waals surface area (Å²) in [4.78, 5) is 13.9. The van der Waals surface area contributed by atoms with Crippen molar-refractivity contribution in [3.63, 3.8) is 0 Å². The maximum Gasteiger partial charge on any atom is 0.416 e. The summed E-state index contributed by atoms with van der Waals surface area (Å²) in [5, 5.41) is 4.25. The van der Waals surface area contributed by atoms with Gasteiger partial charge in [0.15, 0.2) is 0 Å². The molecule has 164 valence electrons. The minimum absolute atomic E-state index is 0.00118. The number of piperidine rings is 1. The summed E-state index contributed by atoms with van der Waals surface area (Å²) in [5.41, 5.74) is 0.801. The minimum atomic E-state index is -4.51. The van der Waals surface area contributed by atoms with Crippen molar-refractivity contribution in [2.45, 2.75) is 45.5 Å². The summed E-state index contributed by atoms with van der Waals surface area (Å²) < 4.78 is 79.4. The molecule has 1 saturated heterocycles. The second-order valence-corrected chi connectivity index (χ2v) is 7.51. The van der Waals surface area contributed by atoms with Crippen molar-refractivity contribution >= 4 is 5.91 Å². The Hall–Kier alpha value is -2.52. The number of aryl methyl sites for hydroxylation is 1. The Morgan fingerprint density at radius 3 is 2.50 bits per heavy atom. The molecule has 0 N–H and O–H groups in total. The molecule has 2 aromatic rings. The van der Waals surface area contributed by atoms with Crippen LogP contribution in [0.5, 0.6) is 0 Å². The molecule has 0 aliphatic carbocycles. The van der Waals surface area contributed by atoms with E-state index in [0.717, 1.165) is 12.1 Å². The highest BCUT2D eigenvalue weighted by atomic mass is 19.4. The first-order valence-corrected chi connectivity index (χ1v) is 9.45. The van der Waals surface area contributed by atoms with Crippen LogP contribution >= 0.6 is 0 Å². The van der Waals surface area contributed by atoms with E-state index in [1.165, 1.54) is 21.7 Å². The number of carbonyl (C=O) groups excluding carboxylic acids is 1. The molecule has 1 atom stereocenters. The van der Waals surface area contributed by atoms with Crippen LogP contribution in [0.2, 0.25) is 0 Å². The molecule has 0 saturated carbocycles. The maximum absolute atomic E-state index is 13.0. The SMILES string of the molecule is Cc1nn(-c2cccc(C(F)(F)F)c2)c(C)c1CC(=O)N1CCC[C@@H](C(F)(F)F)C1. The largest absolute Gasteiger partial charge is 0.416 e. The van der Waals surface area contributed by atoms with Gasteiger partial charge in [-0.25, -0.2) is 4.68 Å². The average molecular weight is 433 g/mol. The van der Waals surface area contributed by atoms with Gasteiger partial charge in [0.05, 0.1) is 29.3 Å². The van der Waals surface area contributed by atoms with Gasteiger partial charge in [0.2, 0.25) is 5.91 Å². The van der Waals surface area contributed by atoms with Gasteiger partial charge in [-0.3, -0.25) is 4.79 Å². The molecule has 2 heterocycles. The molecule has 3 rings (SSSR count). The summed E-state index contributed by atoms with van der Waals surface area (Å²) in [6, 6.07) is 4.65. The molecule has 0 spiro atoms. The molecule has 1 aliphatic heterocycles. The number of halogens is 6. The Morgan fingerprint density at radius 1 is 1.17 bits per heavy atom. The predicted molar refractivity (Wildman–Crippen MR) is 97.1 cm³/mol. The first-order chi connectivity index (χ1) is 13.9. The van der Waals surface area contributed by atoms with E-state index in [9.17, 15) is 31.1 Å². The van der Waals surface area contributed by atoms with E-state index in [-0.39, 0.29) is 38.0 Å². The van der Waals surface area contributed by atoms with Crippen molar-refractivity contribution in [1.82, 2.24) is 14.7 Å². The number of likely N-dealkylation sites (tertiary alicyclic amines) is 1. The van der Waals surface area contributed by atoms with Crippen molar-refractivity contribution in [3.8, 4) is 5.69 Å². The van der Waals surface area contributed by atoms with E-state index in [0.29, 0.717) is 17.0 Å². The second-order valence-electron chi connectivity index (χ2n) is 7.51. The van der Waals surface area contributed by atoms with Gasteiger partial charge in [0.1, 0.15) is 0 Å². The number of benzene rings is 1. The Balaban J connectivity index is 1.82. The monoisotopic (exact) mass is 433 g/mol. The molecule has 30 heavy (non-hydrogen) atoms. The second kappa shape index (κ2) is 7.96. The van der Waals surface area contributed by atoms with Crippen LogP contribution < -0.4 is 0 Å². The normalized spacial score (nSPS) is 18.0. The number of hydrogen-bond acceptors (Lipinski definition) is 2. The number of aromatic nitrogens is 2. The fraction of sp³-hybridized carbons (Fsp3) is 0.500. The van der Waals surface area contributed by atoms with E-state index in [1.807, 2.05) is 0 Å². The fourth-order valence-corrected chi connectivity index (χ4v) is 3.73. The molecule has 1 amide bonds. The van der Waals surface area contributed by atoms with Crippen LogP contribution in [0, 0.1) is 19.8 Å². The zero-order chi connectivity index (χ0) is 22.3. The smallest absolute Gasteiger partial charge is 0.342 e. The average Bonchev–Trinajstić information content (AvgIpc) is 2.95. The number of hydrogen-bond donors (Lipinski definition) is 0. The lowest BCUT2D eigenvalue weighted by atomic mass is 9.97. The summed E-state index contributed by atoms with van der Waals surface area (Å²) in [5.74, 6) is -1.98. The lowest BCUT2D eigenvalue weighted by Crippen LogP contribution is -2.45. The highest BCUT2D eigenvalue weighted by molar-refractivity contribution is 5.79. The number of carbonyl (C=O) groups is 1. The quantitative estimate of drug-likeness (QED) is 0.649. The van der Waals surface area contributed by atoms with E-state index in [4.69, 9.17) is 0 Å². The first-order valence-electron chi connectivity index (χ1n) is 9.45. The summed E-state index contributed by atoms with van der Waals surface area (Å²) in [6.45, 7) is 3.12. The topological polar surface area (TPSA) is 38.1 Å². The van der Waals surface area contributed by atoms with Crippen LogP contribution in [0.15, 0.2) is 24.3 Å². The Morgan fingerprint density at radius 2 is 1.87 bits per heavy atom. The Labute approximate surface area is 169 Å². The van der Waals surface area contributed by atoms with Crippen LogP contribution in [-0.4, -0.2) is 39.9 Å². The van der Waals surface area contributed by atoms with Crippen LogP contribution in [-0.2, 0) is 17.4 Å². The number of rotatable bonds is 3.